The first-order valence-electron chi connectivity index (χ1n) is 17.7. The number of pyridine rings is 1. The number of carboxylic acid groups (broad SMARTS) is 1. The molecule has 4 amide bonds. The smallest absolute Gasteiger partial charge is 0.352 e. The number of carbonyl (C=O) groups excluding carboxylic acids is 4. The third kappa shape index (κ3) is 8.49. The number of nitrogens with two attached hydrogens (primary N) is 1. The molecule has 0 unspecified atom stereocenters. The number of oxime groups is 1. The quantitative estimate of drug-likeness (QED) is 0.0553. The molecule has 16 nitrogen and oxygen atoms in total. The van der Waals surface area contributed by atoms with Crippen molar-refractivity contribution in [3.8, 4) is 5.75 Å². The number of carboxylic acids is 1. The Balaban J connectivity index is 0.965. The van der Waals surface area contributed by atoms with E-state index in [1.54, 1.807) is 51.5 Å². The molecule has 2 aromatic heterocycles. The lowest BCUT2D eigenvalue weighted by molar-refractivity contribution is -0.684. The lowest BCUT2D eigenvalue weighted by atomic mass is 10.0. The number of nitrogens with one attached hydrogen (secondary N) is 2. The number of carbonyl (C=O) groups is 5. The number of hydrogen-bond acceptors (Lipinski definition) is 12. The molecule has 2 saturated heterocycles. The first kappa shape index (κ1) is 37.6. The fraction of sp³-hybridized carbons (Fsp3) is 0.351. The van der Waals surface area contributed by atoms with Crippen LogP contribution in [0.2, 0.25) is 0 Å². The van der Waals surface area contributed by atoms with Gasteiger partial charge >= 0.3 is 5.97 Å². The first-order chi connectivity index (χ1) is 26.5. The molecule has 3 aliphatic heterocycles. The van der Waals surface area contributed by atoms with Crippen molar-refractivity contribution in [2.24, 2.45) is 5.16 Å². The van der Waals surface area contributed by atoms with Crippen LogP contribution >= 0.6 is 23.1 Å². The van der Waals surface area contributed by atoms with Crippen LogP contribution in [0, 0.1) is 0 Å². The first-order valence-corrected chi connectivity index (χ1v) is 19.7. The standard InChI is InChI=1S/C37H38N8O8S2/c38-37-40-27(20-55-37)29(42-53-26-6-1-2-7-26)32(48)41-30-34(50)45-31(36(51)52)24(19-54-35(30)45)15-23-10-13-44(33(23)49)17-21-8-11-43(12-9-21)18-28(47)39-16-22-4-3-5-25(46)14-22/h3-5,8-9,11-12,14-15,20,26,30,35H,1-2,6-7,10,13,16-19H2,(H5-,38,39,40,41,46,47,48,51,52)/p+1/t30-,35-/m1/s1. The van der Waals surface area contributed by atoms with E-state index in [9.17, 15) is 34.2 Å². The SMILES string of the molecule is Nc1nc(C(=NOC2CCCC2)C(=O)N[C@@H]2C(=O)N3C(C(=O)O)=C(C=C4CCN(Cc5cc[n+](CC(=O)NCc6cccc(O)c6)cc5)C4=O)CS[C@H]23)cs1. The van der Waals surface area contributed by atoms with Crippen LogP contribution in [0.3, 0.4) is 0 Å². The summed E-state index contributed by atoms with van der Waals surface area (Å²) < 4.78 is 1.72. The zero-order valence-corrected chi connectivity index (χ0v) is 31.2. The van der Waals surface area contributed by atoms with Crippen molar-refractivity contribution in [3.05, 3.63) is 93.9 Å². The van der Waals surface area contributed by atoms with Crippen molar-refractivity contribution in [2.75, 3.05) is 18.0 Å². The Labute approximate surface area is 323 Å². The number of aliphatic carboxylic acids is 1. The largest absolute Gasteiger partial charge is 0.508 e. The molecule has 18 heteroatoms. The number of anilines is 1. The number of nitrogens with zero attached hydrogens (tertiary/aromatic N) is 5. The second kappa shape index (κ2) is 16.3. The fourth-order valence-corrected chi connectivity index (χ4v) is 8.71. The number of benzene rings is 1. The van der Waals surface area contributed by atoms with Gasteiger partial charge in [0.05, 0.1) is 0 Å². The molecule has 0 bridgehead atoms. The number of aromatic nitrogens is 2. The summed E-state index contributed by atoms with van der Waals surface area (Å²) in [6.07, 6.45) is 9.01. The molecule has 1 saturated carbocycles. The van der Waals surface area contributed by atoms with E-state index in [1.165, 1.54) is 11.8 Å². The average molecular weight is 788 g/mol. The van der Waals surface area contributed by atoms with Gasteiger partial charge in [0.2, 0.25) is 12.5 Å². The van der Waals surface area contributed by atoms with Gasteiger partial charge in [0.25, 0.3) is 17.7 Å². The molecule has 2 atom stereocenters. The van der Waals surface area contributed by atoms with Gasteiger partial charge in [-0.05, 0) is 67.0 Å². The minimum atomic E-state index is -1.31. The van der Waals surface area contributed by atoms with Crippen LogP contribution in [0.1, 0.15) is 48.9 Å². The van der Waals surface area contributed by atoms with E-state index in [1.807, 2.05) is 18.2 Å². The lowest BCUT2D eigenvalue weighted by Crippen LogP contribution is -2.71. The van der Waals surface area contributed by atoms with Crippen molar-refractivity contribution in [3.63, 3.8) is 0 Å². The second-order valence-corrected chi connectivity index (χ2v) is 15.5. The van der Waals surface area contributed by atoms with Crippen molar-refractivity contribution in [1.29, 1.82) is 0 Å². The Bertz CT molecular complexity index is 2110. The third-order valence-electron chi connectivity index (χ3n) is 9.68. The molecule has 6 N–H and O–H groups in total. The number of fused-ring (bicyclic) bond motifs is 1. The van der Waals surface area contributed by atoms with Gasteiger partial charge in [0.15, 0.2) is 23.2 Å². The molecular formula is C37H39N8O8S2+. The lowest BCUT2D eigenvalue weighted by Gasteiger charge is -2.49. The summed E-state index contributed by atoms with van der Waals surface area (Å²) in [5, 5.41) is 30.6. The number of likely N-dealkylation sites (tertiary alicyclic amines) is 1. The number of rotatable bonds is 13. The number of aromatic hydroxyl groups is 1. The summed E-state index contributed by atoms with van der Waals surface area (Å²) in [5.41, 5.74) is 8.09. The molecule has 7 rings (SSSR count). The minimum absolute atomic E-state index is 0.0912. The monoisotopic (exact) mass is 787 g/mol. The van der Waals surface area contributed by atoms with Crippen LogP contribution in [0.5, 0.6) is 5.75 Å². The van der Waals surface area contributed by atoms with Crippen LogP contribution in [-0.4, -0.2) is 90.1 Å². The van der Waals surface area contributed by atoms with Crippen molar-refractivity contribution in [2.45, 2.75) is 69.3 Å². The zero-order valence-electron chi connectivity index (χ0n) is 29.6. The average Bonchev–Trinajstić information content (AvgIpc) is 3.93. The molecule has 0 spiro atoms. The number of thioether (sulfide) groups is 1. The normalized spacial score (nSPS) is 20.8. The predicted octanol–water partition coefficient (Wildman–Crippen LogP) is 1.80. The molecule has 55 heavy (non-hydrogen) atoms. The molecule has 1 aliphatic carbocycles. The van der Waals surface area contributed by atoms with Gasteiger partial charge in [0.1, 0.15) is 34.7 Å². The number of phenols is 1. The molecular weight excluding hydrogens is 749 g/mol. The van der Waals surface area contributed by atoms with Crippen molar-refractivity contribution < 1.29 is 43.6 Å². The maximum Gasteiger partial charge on any atom is 0.352 e. The van der Waals surface area contributed by atoms with Gasteiger partial charge in [-0.15, -0.1) is 23.1 Å². The van der Waals surface area contributed by atoms with E-state index in [-0.39, 0.29) is 64.7 Å². The summed E-state index contributed by atoms with van der Waals surface area (Å²) in [4.78, 5) is 77.9. The number of thiazole rings is 1. The van der Waals surface area contributed by atoms with Crippen molar-refractivity contribution in [1.82, 2.24) is 25.4 Å². The Morgan fingerprint density at radius 2 is 1.91 bits per heavy atom. The Morgan fingerprint density at radius 1 is 1.13 bits per heavy atom. The number of amides is 4. The highest BCUT2D eigenvalue weighted by Gasteiger charge is 2.54. The van der Waals surface area contributed by atoms with Gasteiger partial charge < -0.3 is 36.3 Å². The van der Waals surface area contributed by atoms with E-state index in [0.29, 0.717) is 30.7 Å². The van der Waals surface area contributed by atoms with E-state index in [0.717, 1.165) is 53.0 Å². The Hall–Kier alpha value is -5.75. The summed E-state index contributed by atoms with van der Waals surface area (Å²) in [6.45, 7) is 1.12. The van der Waals surface area contributed by atoms with Gasteiger partial charge in [0, 0.05) is 48.5 Å². The molecule has 5 heterocycles. The maximum absolute atomic E-state index is 13.4. The maximum atomic E-state index is 13.4. The van der Waals surface area contributed by atoms with E-state index >= 15 is 0 Å². The molecule has 286 valence electrons. The predicted molar refractivity (Wildman–Crippen MR) is 201 cm³/mol. The van der Waals surface area contributed by atoms with Gasteiger partial charge in [-0.25, -0.2) is 9.78 Å². The molecule has 0 radical (unpaired) electrons. The number of β-lactam (4-membered cyclic amide) rings is 1. The summed E-state index contributed by atoms with van der Waals surface area (Å²) in [5.74, 6) is -2.70. The number of phenolic OH excluding ortho intramolecular Hbond substituents is 1. The molecule has 4 aliphatic rings. The zero-order chi connectivity index (χ0) is 38.6. The number of nitrogen functional groups attached to an aromatic ring is 1. The Morgan fingerprint density at radius 3 is 2.62 bits per heavy atom. The van der Waals surface area contributed by atoms with Crippen LogP contribution in [0.25, 0.3) is 0 Å². The topological polar surface area (TPSA) is 221 Å². The van der Waals surface area contributed by atoms with Crippen molar-refractivity contribution >= 4 is 63.5 Å². The van der Waals surface area contributed by atoms with Gasteiger partial charge in [-0.2, -0.15) is 4.57 Å². The summed E-state index contributed by atoms with van der Waals surface area (Å²) in [6, 6.07) is 9.31. The van der Waals surface area contributed by atoms with Crippen LogP contribution in [-0.2, 0) is 48.4 Å². The van der Waals surface area contributed by atoms with E-state index in [4.69, 9.17) is 10.6 Å². The molecule has 3 fully saturated rings. The van der Waals surface area contributed by atoms with E-state index < -0.39 is 29.2 Å². The number of hydrogen-bond donors (Lipinski definition) is 5. The highest BCUT2D eigenvalue weighted by atomic mass is 32.2. The molecule has 3 aromatic rings. The van der Waals surface area contributed by atoms with Gasteiger partial charge in [-0.3, -0.25) is 24.1 Å². The highest BCUT2D eigenvalue weighted by molar-refractivity contribution is 8.00. The van der Waals surface area contributed by atoms with Crippen LogP contribution in [0.15, 0.2) is 82.2 Å². The third-order valence-corrected chi connectivity index (χ3v) is 11.7. The van der Waals surface area contributed by atoms with Crippen LogP contribution in [0.4, 0.5) is 5.13 Å². The summed E-state index contributed by atoms with van der Waals surface area (Å²) in [7, 11) is 0. The fourth-order valence-electron chi connectivity index (χ4n) is 6.86. The minimum Gasteiger partial charge on any atom is -0.508 e. The molecule has 1 aromatic carbocycles. The Kier molecular flexibility index (Phi) is 11.1. The number of allylic oxidation sites excluding steroid dienone is 1. The summed E-state index contributed by atoms with van der Waals surface area (Å²) >= 11 is 2.43. The van der Waals surface area contributed by atoms with Gasteiger partial charge in [-0.1, -0.05) is 17.3 Å². The highest BCUT2D eigenvalue weighted by Crippen LogP contribution is 2.41. The van der Waals surface area contributed by atoms with E-state index in [2.05, 4.69) is 20.8 Å². The van der Waals surface area contributed by atoms with Crippen LogP contribution < -0.4 is 20.9 Å². The second-order valence-electron chi connectivity index (χ2n) is 13.5.